The van der Waals surface area contributed by atoms with E-state index in [-0.39, 0.29) is 5.75 Å². The SMILES string of the molecule is Oc1ccccc1-c1cccc(-n2c3ccccc3c3ccccc3c3ccccc3c3ccc(-c4ccccn4)cc32)c1. The number of rotatable bonds is 3. The van der Waals surface area contributed by atoms with Crippen LogP contribution in [-0.2, 0) is 0 Å². The normalized spacial score (nSPS) is 11.3. The summed E-state index contributed by atoms with van der Waals surface area (Å²) in [5, 5.41) is 17.8. The Morgan fingerprint density at radius 1 is 0.432 bits per heavy atom. The van der Waals surface area contributed by atoms with E-state index in [4.69, 9.17) is 4.98 Å². The van der Waals surface area contributed by atoms with E-state index in [2.05, 4.69) is 126 Å². The highest BCUT2D eigenvalue weighted by atomic mass is 16.3. The maximum absolute atomic E-state index is 10.8. The smallest absolute Gasteiger partial charge is 0.123 e. The maximum atomic E-state index is 10.8. The monoisotopic (exact) mass is 564 g/mol. The molecule has 0 aliphatic carbocycles. The molecule has 44 heavy (non-hydrogen) atoms. The Balaban J connectivity index is 1.64. The molecule has 0 atom stereocenters. The first-order valence-electron chi connectivity index (χ1n) is 14.8. The van der Waals surface area contributed by atoms with Crippen LogP contribution in [0.5, 0.6) is 5.75 Å². The zero-order chi connectivity index (χ0) is 29.5. The minimum Gasteiger partial charge on any atom is -0.507 e. The Hall–Kier alpha value is -5.93. The first-order valence-corrected chi connectivity index (χ1v) is 14.8. The number of hydrogen-bond donors (Lipinski definition) is 1. The third-order valence-corrected chi connectivity index (χ3v) is 8.39. The van der Waals surface area contributed by atoms with Crippen molar-refractivity contribution in [3.05, 3.63) is 164 Å². The van der Waals surface area contributed by atoms with Gasteiger partial charge >= 0.3 is 0 Å². The fourth-order valence-electron chi connectivity index (χ4n) is 6.38. The molecule has 208 valence electrons. The van der Waals surface area contributed by atoms with E-state index in [1.807, 2.05) is 36.5 Å². The number of fused-ring (bicyclic) bond motifs is 7. The van der Waals surface area contributed by atoms with E-state index in [1.165, 1.54) is 16.2 Å². The minimum atomic E-state index is 0.259. The molecular weight excluding hydrogens is 536 g/mol. The van der Waals surface area contributed by atoms with E-state index in [0.29, 0.717) is 0 Å². The Morgan fingerprint density at radius 2 is 1.05 bits per heavy atom. The van der Waals surface area contributed by atoms with Gasteiger partial charge in [0.25, 0.3) is 0 Å². The molecule has 0 fully saturated rings. The number of aromatic hydroxyl groups is 1. The van der Waals surface area contributed by atoms with Crippen molar-refractivity contribution in [3.63, 3.8) is 0 Å². The van der Waals surface area contributed by atoms with Crippen molar-refractivity contribution in [1.82, 2.24) is 9.55 Å². The predicted molar refractivity (Wildman–Crippen MR) is 184 cm³/mol. The molecule has 0 aliphatic rings. The highest BCUT2D eigenvalue weighted by Gasteiger charge is 2.13. The number of benzene rings is 6. The Morgan fingerprint density at radius 3 is 1.75 bits per heavy atom. The van der Waals surface area contributed by atoms with Gasteiger partial charge in [0.2, 0.25) is 0 Å². The lowest BCUT2D eigenvalue weighted by Crippen LogP contribution is -1.99. The highest BCUT2D eigenvalue weighted by Crippen LogP contribution is 2.37. The molecule has 1 N–H and O–H groups in total. The topological polar surface area (TPSA) is 38.0 Å². The summed E-state index contributed by atoms with van der Waals surface area (Å²) < 4.78 is 2.36. The fourth-order valence-corrected chi connectivity index (χ4v) is 6.38. The van der Waals surface area contributed by atoms with Gasteiger partial charge in [0.05, 0.1) is 16.7 Å². The quantitative estimate of drug-likeness (QED) is 0.232. The molecule has 0 unspecified atom stereocenters. The number of para-hydroxylation sites is 2. The lowest BCUT2D eigenvalue weighted by atomic mass is 10.0. The molecule has 3 heteroatoms. The van der Waals surface area contributed by atoms with Crippen LogP contribution in [0.3, 0.4) is 0 Å². The molecule has 8 rings (SSSR count). The molecule has 0 aliphatic heterocycles. The van der Waals surface area contributed by atoms with Gasteiger partial charge in [-0.2, -0.15) is 0 Å². The molecule has 2 heterocycles. The number of phenols is 1. The molecule has 6 aromatic carbocycles. The van der Waals surface area contributed by atoms with Crippen LogP contribution in [0.2, 0.25) is 0 Å². The van der Waals surface area contributed by atoms with Crippen molar-refractivity contribution in [3.8, 4) is 33.8 Å². The molecule has 3 nitrogen and oxygen atoms in total. The van der Waals surface area contributed by atoms with Crippen LogP contribution < -0.4 is 0 Å². The van der Waals surface area contributed by atoms with Gasteiger partial charge in [0, 0.05) is 33.8 Å². The zero-order valence-electron chi connectivity index (χ0n) is 23.9. The second-order valence-corrected chi connectivity index (χ2v) is 11.0. The van der Waals surface area contributed by atoms with Gasteiger partial charge < -0.3 is 9.67 Å². The van der Waals surface area contributed by atoms with Crippen LogP contribution in [-0.4, -0.2) is 14.7 Å². The second kappa shape index (κ2) is 10.7. The molecule has 8 aromatic rings. The third-order valence-electron chi connectivity index (χ3n) is 8.39. The third kappa shape index (κ3) is 4.34. The summed E-state index contributed by atoms with van der Waals surface area (Å²) in [4.78, 5) is 4.69. The molecule has 0 amide bonds. The first-order chi connectivity index (χ1) is 21.8. The largest absolute Gasteiger partial charge is 0.507 e. The van der Waals surface area contributed by atoms with Crippen LogP contribution in [0.4, 0.5) is 0 Å². The van der Waals surface area contributed by atoms with Gasteiger partial charge in [-0.05, 0) is 69.6 Å². The Bertz CT molecular complexity index is 2410. The van der Waals surface area contributed by atoms with Gasteiger partial charge in [0.1, 0.15) is 5.75 Å². The van der Waals surface area contributed by atoms with Crippen molar-refractivity contribution >= 4 is 43.4 Å². The standard InChI is InChI=1S/C41H28N2O/c44-41-22-8-6-14-31(41)28-12-11-13-30(26-28)43-39-21-7-5-19-36(39)34-17-3-1-15-32(34)33-16-2-4-18-35(33)37-24-23-29(27-40(37)43)38-20-9-10-25-42-38/h1-27,44H. The van der Waals surface area contributed by atoms with Crippen LogP contribution in [0.15, 0.2) is 164 Å². The van der Waals surface area contributed by atoms with E-state index in [1.54, 1.807) is 6.07 Å². The predicted octanol–water partition coefficient (Wildman–Crippen LogP) is 10.6. The summed E-state index contributed by atoms with van der Waals surface area (Å²) in [6, 6.07) is 54.6. The molecule has 0 radical (unpaired) electrons. The maximum Gasteiger partial charge on any atom is 0.123 e. The summed E-state index contributed by atoms with van der Waals surface area (Å²) in [5.41, 5.74) is 6.82. The van der Waals surface area contributed by atoms with Crippen LogP contribution in [0.25, 0.3) is 71.4 Å². The fraction of sp³-hybridized carbons (Fsp3) is 0. The molecular formula is C41H28N2O. The van der Waals surface area contributed by atoms with E-state index in [0.717, 1.165) is 55.3 Å². The van der Waals surface area contributed by atoms with Crippen LogP contribution >= 0.6 is 0 Å². The second-order valence-electron chi connectivity index (χ2n) is 11.0. The number of pyridine rings is 1. The lowest BCUT2D eigenvalue weighted by Gasteiger charge is -2.16. The van der Waals surface area contributed by atoms with Crippen molar-refractivity contribution in [2.75, 3.05) is 0 Å². The summed E-state index contributed by atoms with van der Waals surface area (Å²) in [6.45, 7) is 0. The lowest BCUT2D eigenvalue weighted by molar-refractivity contribution is 0.477. The summed E-state index contributed by atoms with van der Waals surface area (Å²) in [5.74, 6) is 0.259. The molecule has 0 saturated heterocycles. The minimum absolute atomic E-state index is 0.259. The number of nitrogens with zero attached hydrogens (tertiary/aromatic N) is 2. The molecule has 2 aromatic heterocycles. The van der Waals surface area contributed by atoms with Crippen molar-refractivity contribution < 1.29 is 5.11 Å². The average molecular weight is 565 g/mol. The number of hydrogen-bond acceptors (Lipinski definition) is 2. The number of aromatic nitrogens is 2. The Kier molecular flexibility index (Phi) is 6.28. The van der Waals surface area contributed by atoms with Gasteiger partial charge in [-0.3, -0.25) is 4.98 Å². The zero-order valence-corrected chi connectivity index (χ0v) is 23.9. The first kappa shape index (κ1) is 25.8. The van der Waals surface area contributed by atoms with Crippen molar-refractivity contribution in [2.24, 2.45) is 0 Å². The summed E-state index contributed by atoms with van der Waals surface area (Å²) in [7, 11) is 0. The summed E-state index contributed by atoms with van der Waals surface area (Å²) >= 11 is 0. The number of phenolic OH excluding ortho intramolecular Hbond substituents is 1. The van der Waals surface area contributed by atoms with Gasteiger partial charge in [-0.15, -0.1) is 0 Å². The van der Waals surface area contributed by atoms with E-state index >= 15 is 0 Å². The van der Waals surface area contributed by atoms with Gasteiger partial charge in [0.15, 0.2) is 0 Å². The van der Waals surface area contributed by atoms with E-state index in [9.17, 15) is 5.11 Å². The van der Waals surface area contributed by atoms with Crippen molar-refractivity contribution in [2.45, 2.75) is 0 Å². The van der Waals surface area contributed by atoms with Crippen LogP contribution in [0, 0.1) is 0 Å². The molecule has 0 bridgehead atoms. The molecule has 0 saturated carbocycles. The highest BCUT2D eigenvalue weighted by molar-refractivity contribution is 6.19. The van der Waals surface area contributed by atoms with E-state index < -0.39 is 0 Å². The Labute approximate surface area is 255 Å². The van der Waals surface area contributed by atoms with Gasteiger partial charge in [-0.25, -0.2) is 0 Å². The average Bonchev–Trinajstić information content (AvgIpc) is 3.13. The van der Waals surface area contributed by atoms with Gasteiger partial charge in [-0.1, -0.05) is 115 Å². The molecule has 0 spiro atoms. The van der Waals surface area contributed by atoms with Crippen LogP contribution in [0.1, 0.15) is 0 Å². The van der Waals surface area contributed by atoms with Crippen molar-refractivity contribution in [1.29, 1.82) is 0 Å². The summed E-state index contributed by atoms with van der Waals surface area (Å²) in [6.07, 6.45) is 1.84.